The van der Waals surface area contributed by atoms with E-state index in [4.69, 9.17) is 10.5 Å². The number of ether oxygens (including phenoxy) is 1. The van der Waals surface area contributed by atoms with E-state index < -0.39 is 17.6 Å². The molecular formula is C13H18INO3. The number of hydrogen-bond acceptors (Lipinski definition) is 4. The number of hydrogen-bond donors (Lipinski definition) is 2. The summed E-state index contributed by atoms with van der Waals surface area (Å²) in [5, 5.41) is 9.41. The molecule has 0 amide bonds. The van der Waals surface area contributed by atoms with E-state index in [1.54, 1.807) is 39.0 Å². The Balaban J connectivity index is 2.66. The standard InChI is InChI=1S/C13H18INO3/c1-13(2,3)18-12(17)10(15)7-8-4-5-11(16)9(14)6-8/h4-6,10,16H,7,15H2,1-3H3/t10-/m1/s1. The van der Waals surface area contributed by atoms with Crippen molar-refractivity contribution in [3.8, 4) is 5.75 Å². The lowest BCUT2D eigenvalue weighted by atomic mass is 10.1. The summed E-state index contributed by atoms with van der Waals surface area (Å²) in [5.41, 5.74) is 6.17. The highest BCUT2D eigenvalue weighted by Gasteiger charge is 2.22. The highest BCUT2D eigenvalue weighted by molar-refractivity contribution is 14.1. The van der Waals surface area contributed by atoms with Gasteiger partial charge in [0.25, 0.3) is 0 Å². The van der Waals surface area contributed by atoms with Crippen molar-refractivity contribution in [2.75, 3.05) is 0 Å². The lowest BCUT2D eigenvalue weighted by molar-refractivity contribution is -0.156. The summed E-state index contributed by atoms with van der Waals surface area (Å²) in [5.74, 6) is -0.184. The number of phenolic OH excluding ortho intramolecular Hbond substituents is 1. The largest absolute Gasteiger partial charge is 0.507 e. The van der Waals surface area contributed by atoms with Gasteiger partial charge in [-0.1, -0.05) is 6.07 Å². The van der Waals surface area contributed by atoms with Crippen molar-refractivity contribution in [2.45, 2.75) is 38.8 Å². The maximum absolute atomic E-state index is 11.7. The van der Waals surface area contributed by atoms with Gasteiger partial charge in [-0.05, 0) is 67.5 Å². The molecule has 0 bridgehead atoms. The van der Waals surface area contributed by atoms with Crippen LogP contribution in [-0.4, -0.2) is 22.7 Å². The van der Waals surface area contributed by atoms with Crippen LogP contribution in [0.1, 0.15) is 26.3 Å². The van der Waals surface area contributed by atoms with Crippen molar-refractivity contribution < 1.29 is 14.6 Å². The second kappa shape index (κ2) is 5.88. The lowest BCUT2D eigenvalue weighted by Crippen LogP contribution is -2.38. The molecule has 1 aromatic rings. The maximum atomic E-state index is 11.7. The molecule has 0 unspecified atom stereocenters. The predicted molar refractivity (Wildman–Crippen MR) is 78.3 cm³/mol. The lowest BCUT2D eigenvalue weighted by Gasteiger charge is -2.22. The van der Waals surface area contributed by atoms with E-state index in [0.717, 1.165) is 9.13 Å². The van der Waals surface area contributed by atoms with Gasteiger partial charge in [-0.15, -0.1) is 0 Å². The molecular weight excluding hydrogens is 345 g/mol. The first-order chi connectivity index (χ1) is 8.19. The summed E-state index contributed by atoms with van der Waals surface area (Å²) < 4.78 is 5.95. The SMILES string of the molecule is CC(C)(C)OC(=O)[C@H](N)Cc1ccc(O)c(I)c1. The highest BCUT2D eigenvalue weighted by atomic mass is 127. The number of esters is 1. The monoisotopic (exact) mass is 363 g/mol. The van der Waals surface area contributed by atoms with Gasteiger partial charge < -0.3 is 15.6 Å². The van der Waals surface area contributed by atoms with Gasteiger partial charge in [0.1, 0.15) is 17.4 Å². The van der Waals surface area contributed by atoms with E-state index in [1.807, 2.05) is 22.6 Å². The molecule has 0 heterocycles. The van der Waals surface area contributed by atoms with Crippen LogP contribution >= 0.6 is 22.6 Å². The fourth-order valence-corrected chi connectivity index (χ4v) is 1.97. The molecule has 0 aliphatic heterocycles. The Morgan fingerprint density at radius 3 is 2.61 bits per heavy atom. The first kappa shape index (κ1) is 15.2. The topological polar surface area (TPSA) is 72.5 Å². The minimum absolute atomic E-state index is 0.227. The van der Waals surface area contributed by atoms with Gasteiger partial charge in [-0.2, -0.15) is 0 Å². The summed E-state index contributed by atoms with van der Waals surface area (Å²) in [6.07, 6.45) is 0.394. The molecule has 0 aliphatic carbocycles. The Bertz CT molecular complexity index is 440. The van der Waals surface area contributed by atoms with Crippen LogP contribution in [0.15, 0.2) is 18.2 Å². The third kappa shape index (κ3) is 4.81. The van der Waals surface area contributed by atoms with Gasteiger partial charge in [0.2, 0.25) is 0 Å². The fraction of sp³-hybridized carbons (Fsp3) is 0.462. The quantitative estimate of drug-likeness (QED) is 0.638. The smallest absolute Gasteiger partial charge is 0.323 e. The molecule has 1 rings (SSSR count). The molecule has 0 aliphatic rings. The molecule has 0 saturated heterocycles. The average Bonchev–Trinajstić information content (AvgIpc) is 2.21. The Labute approximate surface area is 121 Å². The molecule has 100 valence electrons. The second-order valence-corrected chi connectivity index (χ2v) is 6.29. The zero-order valence-electron chi connectivity index (χ0n) is 10.7. The third-order valence-electron chi connectivity index (χ3n) is 2.18. The number of phenols is 1. The molecule has 1 atom stereocenters. The Hall–Kier alpha value is -0.820. The molecule has 0 radical (unpaired) electrons. The number of carbonyl (C=O) groups is 1. The minimum Gasteiger partial charge on any atom is -0.507 e. The summed E-state index contributed by atoms with van der Waals surface area (Å²) >= 11 is 2.03. The number of aromatic hydroxyl groups is 1. The molecule has 5 heteroatoms. The zero-order valence-corrected chi connectivity index (χ0v) is 12.9. The van der Waals surface area contributed by atoms with Crippen LogP contribution in [0.3, 0.4) is 0 Å². The Kier molecular flexibility index (Phi) is 4.98. The number of benzene rings is 1. The molecule has 4 nitrogen and oxygen atoms in total. The molecule has 0 spiro atoms. The van der Waals surface area contributed by atoms with E-state index in [1.165, 1.54) is 0 Å². The van der Waals surface area contributed by atoms with Crippen LogP contribution in [0.2, 0.25) is 0 Å². The van der Waals surface area contributed by atoms with Gasteiger partial charge in [0.05, 0.1) is 3.57 Å². The summed E-state index contributed by atoms with van der Waals surface area (Å²) in [4.78, 5) is 11.7. The third-order valence-corrected chi connectivity index (χ3v) is 3.04. The van der Waals surface area contributed by atoms with Crippen molar-refractivity contribution in [1.29, 1.82) is 0 Å². The van der Waals surface area contributed by atoms with E-state index in [-0.39, 0.29) is 5.75 Å². The number of rotatable bonds is 3. The van der Waals surface area contributed by atoms with Crippen LogP contribution in [0.25, 0.3) is 0 Å². The molecule has 3 N–H and O–H groups in total. The van der Waals surface area contributed by atoms with Gasteiger partial charge in [-0.25, -0.2) is 0 Å². The Morgan fingerprint density at radius 1 is 1.50 bits per heavy atom. The van der Waals surface area contributed by atoms with Crippen LogP contribution < -0.4 is 5.73 Å². The van der Waals surface area contributed by atoms with Gasteiger partial charge in [0, 0.05) is 0 Å². The maximum Gasteiger partial charge on any atom is 0.323 e. The van der Waals surface area contributed by atoms with Gasteiger partial charge >= 0.3 is 5.97 Å². The normalized spacial score (nSPS) is 13.2. The summed E-state index contributed by atoms with van der Waals surface area (Å²) in [7, 11) is 0. The second-order valence-electron chi connectivity index (χ2n) is 5.13. The summed E-state index contributed by atoms with van der Waals surface area (Å²) in [6.45, 7) is 5.42. The number of nitrogens with two attached hydrogens (primary N) is 1. The predicted octanol–water partition coefficient (Wildman–Crippen LogP) is 2.21. The molecule has 18 heavy (non-hydrogen) atoms. The van der Waals surface area contributed by atoms with E-state index >= 15 is 0 Å². The van der Waals surface area contributed by atoms with Crippen LogP contribution in [-0.2, 0) is 16.0 Å². The minimum atomic E-state index is -0.690. The van der Waals surface area contributed by atoms with Crippen molar-refractivity contribution >= 4 is 28.6 Å². The van der Waals surface area contributed by atoms with Gasteiger partial charge in [-0.3, -0.25) is 4.79 Å². The Morgan fingerprint density at radius 2 is 2.11 bits per heavy atom. The van der Waals surface area contributed by atoms with Crippen molar-refractivity contribution in [3.63, 3.8) is 0 Å². The van der Waals surface area contributed by atoms with E-state index in [0.29, 0.717) is 6.42 Å². The van der Waals surface area contributed by atoms with E-state index in [9.17, 15) is 9.90 Å². The first-order valence-corrected chi connectivity index (χ1v) is 6.73. The van der Waals surface area contributed by atoms with Crippen LogP contribution in [0.5, 0.6) is 5.75 Å². The molecule has 0 saturated carbocycles. The van der Waals surface area contributed by atoms with Gasteiger partial charge in [0.15, 0.2) is 0 Å². The van der Waals surface area contributed by atoms with Crippen LogP contribution in [0.4, 0.5) is 0 Å². The first-order valence-electron chi connectivity index (χ1n) is 5.65. The molecule has 1 aromatic carbocycles. The van der Waals surface area contributed by atoms with E-state index in [2.05, 4.69) is 0 Å². The van der Waals surface area contributed by atoms with Crippen molar-refractivity contribution in [3.05, 3.63) is 27.3 Å². The number of halogens is 1. The fourth-order valence-electron chi connectivity index (χ4n) is 1.39. The van der Waals surface area contributed by atoms with Crippen molar-refractivity contribution in [2.24, 2.45) is 5.73 Å². The average molecular weight is 363 g/mol. The molecule has 0 fully saturated rings. The highest BCUT2D eigenvalue weighted by Crippen LogP contribution is 2.21. The zero-order chi connectivity index (χ0) is 13.9. The number of carbonyl (C=O) groups excluding carboxylic acids is 1. The van der Waals surface area contributed by atoms with Crippen LogP contribution in [0, 0.1) is 3.57 Å². The van der Waals surface area contributed by atoms with Crippen molar-refractivity contribution in [1.82, 2.24) is 0 Å². The summed E-state index contributed by atoms with van der Waals surface area (Å²) in [6, 6.07) is 4.46. The molecule has 0 aromatic heterocycles.